The van der Waals surface area contributed by atoms with Crippen molar-refractivity contribution in [1.82, 2.24) is 0 Å². The number of hydrogen-bond donors (Lipinski definition) is 1. The number of amides is 1. The van der Waals surface area contributed by atoms with Crippen LogP contribution in [0.1, 0.15) is 18.1 Å². The van der Waals surface area contributed by atoms with Crippen LogP contribution in [0.3, 0.4) is 0 Å². The van der Waals surface area contributed by atoms with Crippen molar-refractivity contribution in [3.05, 3.63) is 59.7 Å². The van der Waals surface area contributed by atoms with Gasteiger partial charge in [0.15, 0.2) is 6.61 Å². The van der Waals surface area contributed by atoms with E-state index in [-0.39, 0.29) is 23.4 Å². The molecule has 0 radical (unpaired) electrons. The lowest BCUT2D eigenvalue weighted by Crippen LogP contribution is -2.17. The quantitative estimate of drug-likeness (QED) is 0.830. The van der Waals surface area contributed by atoms with E-state index in [9.17, 15) is 9.59 Å². The van der Waals surface area contributed by atoms with E-state index in [1.807, 2.05) is 49.4 Å². The summed E-state index contributed by atoms with van der Waals surface area (Å²) in [6.07, 6.45) is 0.958. The van der Waals surface area contributed by atoms with Gasteiger partial charge in [0.05, 0.1) is 5.75 Å². The first-order chi connectivity index (χ1) is 11.6. The summed E-state index contributed by atoms with van der Waals surface area (Å²) < 4.78 is 5.42. The minimum absolute atomic E-state index is 0.0490. The van der Waals surface area contributed by atoms with Gasteiger partial charge in [0.25, 0.3) is 0 Å². The summed E-state index contributed by atoms with van der Waals surface area (Å²) in [5.74, 6) is 0.531. The van der Waals surface area contributed by atoms with Gasteiger partial charge in [0.1, 0.15) is 5.75 Å². The largest absolute Gasteiger partial charge is 0.485 e. The molecule has 2 aromatic carbocycles. The molecule has 126 valence electrons. The summed E-state index contributed by atoms with van der Waals surface area (Å²) in [5, 5.41) is 2.60. The standard InChI is InChI=1S/C19H21NO3S/c1-3-15-7-9-16(10-8-15)20-18(21)13-24-19(22)12-23-17-6-4-5-14(2)11-17/h4-11H,3,12-13H2,1-2H3,(H,20,21). The summed E-state index contributed by atoms with van der Waals surface area (Å²) in [7, 11) is 0. The zero-order chi connectivity index (χ0) is 17.4. The van der Waals surface area contributed by atoms with Crippen molar-refractivity contribution in [3.8, 4) is 5.75 Å². The molecule has 0 aromatic heterocycles. The zero-order valence-electron chi connectivity index (χ0n) is 13.9. The fourth-order valence-corrected chi connectivity index (χ4v) is 2.56. The van der Waals surface area contributed by atoms with E-state index in [0.29, 0.717) is 5.75 Å². The monoisotopic (exact) mass is 343 g/mol. The molecule has 0 aliphatic rings. The lowest BCUT2D eigenvalue weighted by molar-refractivity contribution is -0.115. The van der Waals surface area contributed by atoms with Gasteiger partial charge in [-0.1, -0.05) is 43.0 Å². The van der Waals surface area contributed by atoms with Gasteiger partial charge in [-0.25, -0.2) is 0 Å². The normalized spacial score (nSPS) is 10.2. The molecule has 1 amide bonds. The first-order valence-corrected chi connectivity index (χ1v) is 8.79. The Balaban J connectivity index is 1.71. The molecule has 24 heavy (non-hydrogen) atoms. The molecule has 2 rings (SSSR count). The van der Waals surface area contributed by atoms with Crippen LogP contribution in [0.5, 0.6) is 5.75 Å². The number of benzene rings is 2. The highest BCUT2D eigenvalue weighted by Gasteiger charge is 2.09. The van der Waals surface area contributed by atoms with E-state index in [2.05, 4.69) is 12.2 Å². The third-order valence-electron chi connectivity index (χ3n) is 3.36. The molecular weight excluding hydrogens is 322 g/mol. The van der Waals surface area contributed by atoms with Crippen molar-refractivity contribution in [2.24, 2.45) is 0 Å². The van der Waals surface area contributed by atoms with Crippen LogP contribution in [0, 0.1) is 6.92 Å². The minimum Gasteiger partial charge on any atom is -0.485 e. The average molecular weight is 343 g/mol. The van der Waals surface area contributed by atoms with Gasteiger partial charge < -0.3 is 10.1 Å². The highest BCUT2D eigenvalue weighted by Crippen LogP contribution is 2.14. The van der Waals surface area contributed by atoms with E-state index < -0.39 is 0 Å². The Bertz CT molecular complexity index is 698. The van der Waals surface area contributed by atoms with Gasteiger partial charge >= 0.3 is 0 Å². The number of thioether (sulfide) groups is 1. The maximum absolute atomic E-state index is 11.9. The third-order valence-corrected chi connectivity index (χ3v) is 4.20. The molecule has 0 unspecified atom stereocenters. The van der Waals surface area contributed by atoms with E-state index in [0.717, 1.165) is 29.4 Å². The van der Waals surface area contributed by atoms with E-state index in [4.69, 9.17) is 4.74 Å². The Labute approximate surface area is 146 Å². The number of hydrogen-bond acceptors (Lipinski definition) is 4. The van der Waals surface area contributed by atoms with Crippen LogP contribution >= 0.6 is 11.8 Å². The Hall–Kier alpha value is -2.27. The number of carbonyl (C=O) groups is 2. The first-order valence-electron chi connectivity index (χ1n) is 7.80. The van der Waals surface area contributed by atoms with E-state index >= 15 is 0 Å². The molecule has 0 atom stereocenters. The van der Waals surface area contributed by atoms with Crippen LogP contribution in [0.15, 0.2) is 48.5 Å². The highest BCUT2D eigenvalue weighted by molar-refractivity contribution is 8.14. The van der Waals surface area contributed by atoms with Gasteiger partial charge in [-0.05, 0) is 48.7 Å². The summed E-state index contributed by atoms with van der Waals surface area (Å²) in [6, 6.07) is 15.2. The zero-order valence-corrected chi connectivity index (χ0v) is 14.7. The highest BCUT2D eigenvalue weighted by atomic mass is 32.2. The second-order valence-electron chi connectivity index (χ2n) is 5.36. The number of rotatable bonds is 7. The Morgan fingerprint density at radius 2 is 1.88 bits per heavy atom. The molecule has 5 heteroatoms. The Morgan fingerprint density at radius 3 is 2.54 bits per heavy atom. The van der Waals surface area contributed by atoms with E-state index in [1.54, 1.807) is 6.07 Å². The Morgan fingerprint density at radius 1 is 1.12 bits per heavy atom. The molecule has 1 N–H and O–H groups in total. The number of nitrogens with one attached hydrogen (secondary N) is 1. The fourth-order valence-electron chi connectivity index (χ4n) is 2.06. The summed E-state index contributed by atoms with van der Waals surface area (Å²) in [4.78, 5) is 23.7. The molecule has 0 saturated heterocycles. The van der Waals surface area contributed by atoms with Gasteiger partial charge in [-0.2, -0.15) is 0 Å². The van der Waals surface area contributed by atoms with Crippen LogP contribution in [0.25, 0.3) is 0 Å². The number of aryl methyl sites for hydroxylation is 2. The van der Waals surface area contributed by atoms with Gasteiger partial charge in [-0.3, -0.25) is 9.59 Å². The minimum atomic E-state index is -0.201. The second kappa shape index (κ2) is 9.13. The van der Waals surface area contributed by atoms with Crippen molar-refractivity contribution < 1.29 is 14.3 Å². The molecule has 2 aromatic rings. The molecular formula is C19H21NO3S. The molecule has 0 spiro atoms. The summed E-state index contributed by atoms with van der Waals surface area (Å²) in [5.41, 5.74) is 3.02. The van der Waals surface area contributed by atoms with Crippen LogP contribution in [0.4, 0.5) is 5.69 Å². The van der Waals surface area contributed by atoms with Gasteiger partial charge in [-0.15, -0.1) is 0 Å². The van der Waals surface area contributed by atoms with Crippen LogP contribution in [0.2, 0.25) is 0 Å². The fraction of sp³-hybridized carbons (Fsp3) is 0.263. The maximum atomic E-state index is 11.9. The molecule has 0 aliphatic carbocycles. The molecule has 0 heterocycles. The summed E-state index contributed by atoms with van der Waals surface area (Å²) >= 11 is 0.959. The molecule has 0 bridgehead atoms. The predicted octanol–water partition coefficient (Wildman–Crippen LogP) is 3.83. The first kappa shape index (κ1) is 18.1. The predicted molar refractivity (Wildman–Crippen MR) is 98.6 cm³/mol. The van der Waals surface area contributed by atoms with E-state index in [1.165, 1.54) is 5.56 Å². The number of anilines is 1. The van der Waals surface area contributed by atoms with Crippen molar-refractivity contribution in [2.75, 3.05) is 17.7 Å². The molecule has 0 fully saturated rings. The van der Waals surface area contributed by atoms with Crippen molar-refractivity contribution in [3.63, 3.8) is 0 Å². The SMILES string of the molecule is CCc1ccc(NC(=O)CSC(=O)COc2cccc(C)c2)cc1. The molecule has 4 nitrogen and oxygen atoms in total. The Kier molecular flexibility index (Phi) is 6.88. The lowest BCUT2D eigenvalue weighted by atomic mass is 10.1. The lowest BCUT2D eigenvalue weighted by Gasteiger charge is -2.07. The summed E-state index contributed by atoms with van der Waals surface area (Å²) in [6.45, 7) is 3.99. The number of carbonyl (C=O) groups excluding carboxylic acids is 2. The van der Waals surface area contributed by atoms with Gasteiger partial charge in [0.2, 0.25) is 11.0 Å². The van der Waals surface area contributed by atoms with Crippen molar-refractivity contribution >= 4 is 28.5 Å². The van der Waals surface area contributed by atoms with Crippen molar-refractivity contribution in [2.45, 2.75) is 20.3 Å². The van der Waals surface area contributed by atoms with Crippen LogP contribution in [-0.4, -0.2) is 23.4 Å². The van der Waals surface area contributed by atoms with Crippen molar-refractivity contribution in [1.29, 1.82) is 0 Å². The van der Waals surface area contributed by atoms with Crippen LogP contribution < -0.4 is 10.1 Å². The average Bonchev–Trinajstić information content (AvgIpc) is 2.59. The second-order valence-corrected chi connectivity index (χ2v) is 6.40. The maximum Gasteiger partial charge on any atom is 0.234 e. The van der Waals surface area contributed by atoms with Gasteiger partial charge in [0, 0.05) is 5.69 Å². The molecule has 0 saturated carbocycles. The number of ether oxygens (including phenoxy) is 1. The van der Waals surface area contributed by atoms with Crippen LogP contribution in [-0.2, 0) is 16.0 Å². The smallest absolute Gasteiger partial charge is 0.234 e. The molecule has 0 aliphatic heterocycles. The topological polar surface area (TPSA) is 55.4 Å². The third kappa shape index (κ3) is 6.08.